The van der Waals surface area contributed by atoms with Gasteiger partial charge in [-0.3, -0.25) is 4.79 Å². The van der Waals surface area contributed by atoms with Crippen molar-refractivity contribution in [1.82, 2.24) is 15.0 Å². The van der Waals surface area contributed by atoms with Gasteiger partial charge >= 0.3 is 0 Å². The van der Waals surface area contributed by atoms with Crippen LogP contribution in [-0.2, 0) is 4.79 Å². The third-order valence-electron chi connectivity index (χ3n) is 5.16. The summed E-state index contributed by atoms with van der Waals surface area (Å²) < 4.78 is 31.8. The van der Waals surface area contributed by atoms with Gasteiger partial charge in [-0.15, -0.1) is 0 Å². The average molecular weight is 412 g/mol. The van der Waals surface area contributed by atoms with Crippen LogP contribution in [0.4, 0.5) is 14.5 Å². The van der Waals surface area contributed by atoms with Gasteiger partial charge in [0.1, 0.15) is 11.6 Å². The lowest BCUT2D eigenvalue weighted by Crippen LogP contribution is -2.36. The Morgan fingerprint density at radius 1 is 1.17 bits per heavy atom. The number of nitrogens with one attached hydrogen (secondary N) is 1. The first-order valence-corrected chi connectivity index (χ1v) is 9.94. The molecular formula is C22H22F2N4O2. The molecule has 1 aromatic heterocycles. The van der Waals surface area contributed by atoms with Gasteiger partial charge in [0.15, 0.2) is 0 Å². The Morgan fingerprint density at radius 2 is 2.00 bits per heavy atom. The number of nitrogens with zero attached hydrogens (tertiary/aromatic N) is 3. The summed E-state index contributed by atoms with van der Waals surface area (Å²) in [6, 6.07) is 11.8. The summed E-state index contributed by atoms with van der Waals surface area (Å²) in [5.41, 5.74) is 1.16. The highest BCUT2D eigenvalue weighted by atomic mass is 19.1. The molecule has 2 heterocycles. The second kappa shape index (κ2) is 9.13. The van der Waals surface area contributed by atoms with Gasteiger partial charge in [-0.25, -0.2) is 8.78 Å². The molecule has 1 fully saturated rings. The van der Waals surface area contributed by atoms with E-state index in [1.165, 1.54) is 24.3 Å². The monoisotopic (exact) mass is 412 g/mol. The van der Waals surface area contributed by atoms with E-state index in [0.29, 0.717) is 35.9 Å². The highest BCUT2D eigenvalue weighted by molar-refractivity contribution is 5.90. The van der Waals surface area contributed by atoms with Crippen LogP contribution in [0.5, 0.6) is 0 Å². The molecule has 4 rings (SSSR count). The molecular weight excluding hydrogens is 390 g/mol. The maximum Gasteiger partial charge on any atom is 0.231 e. The summed E-state index contributed by atoms with van der Waals surface area (Å²) >= 11 is 0. The Bertz CT molecular complexity index is 1010. The van der Waals surface area contributed by atoms with Gasteiger partial charge in [0.05, 0.1) is 5.92 Å². The molecule has 1 atom stereocenters. The Kier molecular flexibility index (Phi) is 6.13. The molecule has 6 nitrogen and oxygen atoms in total. The van der Waals surface area contributed by atoms with Crippen LogP contribution in [0.25, 0.3) is 11.4 Å². The molecule has 1 saturated heterocycles. The van der Waals surface area contributed by atoms with Crippen molar-refractivity contribution in [2.45, 2.75) is 25.2 Å². The molecule has 1 aliphatic rings. The molecule has 30 heavy (non-hydrogen) atoms. The van der Waals surface area contributed by atoms with E-state index in [0.717, 1.165) is 25.9 Å². The second-order valence-electron chi connectivity index (χ2n) is 7.41. The van der Waals surface area contributed by atoms with Crippen LogP contribution in [0.15, 0.2) is 53.1 Å². The number of rotatable bonds is 6. The number of hydrogen-bond acceptors (Lipinski definition) is 5. The maximum atomic E-state index is 13.2. The summed E-state index contributed by atoms with van der Waals surface area (Å²) in [5, 5.41) is 6.74. The van der Waals surface area contributed by atoms with Gasteiger partial charge in [-0.1, -0.05) is 11.2 Å². The number of aromatic nitrogens is 2. The lowest BCUT2D eigenvalue weighted by molar-refractivity contribution is -0.116. The Labute approximate surface area is 172 Å². The minimum atomic E-state index is -0.383. The van der Waals surface area contributed by atoms with Gasteiger partial charge in [-0.05, 0) is 61.9 Å². The molecule has 1 aliphatic heterocycles. The summed E-state index contributed by atoms with van der Waals surface area (Å²) in [7, 11) is 0. The second-order valence-corrected chi connectivity index (χ2v) is 7.41. The van der Waals surface area contributed by atoms with E-state index in [9.17, 15) is 13.6 Å². The van der Waals surface area contributed by atoms with Crippen LogP contribution >= 0.6 is 0 Å². The predicted molar refractivity (Wildman–Crippen MR) is 108 cm³/mol. The molecule has 8 heteroatoms. The summed E-state index contributed by atoms with van der Waals surface area (Å²) in [6.45, 7) is 2.21. The molecule has 0 radical (unpaired) electrons. The van der Waals surface area contributed by atoms with Crippen molar-refractivity contribution < 1.29 is 18.1 Å². The molecule has 1 amide bonds. The van der Waals surface area contributed by atoms with Crippen LogP contribution in [0, 0.1) is 11.6 Å². The zero-order valence-electron chi connectivity index (χ0n) is 16.4. The first kappa shape index (κ1) is 20.2. The van der Waals surface area contributed by atoms with Crippen LogP contribution in [0.3, 0.4) is 0 Å². The van der Waals surface area contributed by atoms with Crippen molar-refractivity contribution in [2.75, 3.05) is 25.0 Å². The number of carbonyl (C=O) groups excluding carboxylic acids is 1. The predicted octanol–water partition coefficient (Wildman–Crippen LogP) is 4.22. The van der Waals surface area contributed by atoms with Crippen LogP contribution < -0.4 is 5.32 Å². The minimum absolute atomic E-state index is 0.0896. The number of hydrogen-bond donors (Lipinski definition) is 1. The SMILES string of the molecule is O=C(CCN1CCCC(c2nc(-c3ccc(F)cc3)no2)C1)Nc1cccc(F)c1. The smallest absolute Gasteiger partial charge is 0.231 e. The number of halogens is 2. The third-order valence-corrected chi connectivity index (χ3v) is 5.16. The quantitative estimate of drug-likeness (QED) is 0.656. The third kappa shape index (κ3) is 5.07. The topological polar surface area (TPSA) is 71.3 Å². The van der Waals surface area contributed by atoms with Gasteiger partial charge in [0, 0.05) is 30.8 Å². The van der Waals surface area contributed by atoms with Crippen LogP contribution in [0.2, 0.25) is 0 Å². The number of piperidine rings is 1. The lowest BCUT2D eigenvalue weighted by Gasteiger charge is -2.30. The molecule has 2 aromatic carbocycles. The van der Waals surface area contributed by atoms with E-state index in [2.05, 4.69) is 20.4 Å². The first-order valence-electron chi connectivity index (χ1n) is 9.94. The molecule has 0 bridgehead atoms. The van der Waals surface area contributed by atoms with E-state index in [4.69, 9.17) is 4.52 Å². The summed E-state index contributed by atoms with van der Waals surface area (Å²) in [4.78, 5) is 18.9. The molecule has 0 spiro atoms. The van der Waals surface area contributed by atoms with E-state index in [1.807, 2.05) is 0 Å². The van der Waals surface area contributed by atoms with Crippen molar-refractivity contribution in [3.63, 3.8) is 0 Å². The maximum absolute atomic E-state index is 13.2. The fourth-order valence-electron chi connectivity index (χ4n) is 3.63. The number of anilines is 1. The van der Waals surface area contributed by atoms with E-state index < -0.39 is 0 Å². The Balaban J connectivity index is 1.31. The zero-order chi connectivity index (χ0) is 20.9. The van der Waals surface area contributed by atoms with Gasteiger partial charge in [0.2, 0.25) is 17.6 Å². The van der Waals surface area contributed by atoms with Crippen molar-refractivity contribution in [3.05, 3.63) is 66.1 Å². The van der Waals surface area contributed by atoms with Crippen LogP contribution in [-0.4, -0.2) is 40.6 Å². The first-order chi connectivity index (χ1) is 14.6. The van der Waals surface area contributed by atoms with Crippen molar-refractivity contribution in [1.29, 1.82) is 0 Å². The van der Waals surface area contributed by atoms with Crippen molar-refractivity contribution in [3.8, 4) is 11.4 Å². The van der Waals surface area contributed by atoms with Crippen molar-refractivity contribution >= 4 is 11.6 Å². The number of likely N-dealkylation sites (tertiary alicyclic amines) is 1. The highest BCUT2D eigenvalue weighted by Gasteiger charge is 2.26. The number of carbonyl (C=O) groups is 1. The summed E-state index contributed by atoms with van der Waals surface area (Å²) in [6.07, 6.45) is 2.20. The van der Waals surface area contributed by atoms with E-state index >= 15 is 0 Å². The van der Waals surface area contributed by atoms with Crippen LogP contribution in [0.1, 0.15) is 31.1 Å². The number of benzene rings is 2. The summed E-state index contributed by atoms with van der Waals surface area (Å²) in [5.74, 6) is 0.240. The van der Waals surface area contributed by atoms with Gasteiger partial charge < -0.3 is 14.7 Å². The van der Waals surface area contributed by atoms with Gasteiger partial charge in [0.25, 0.3) is 0 Å². The molecule has 1 N–H and O–H groups in total. The molecule has 1 unspecified atom stereocenters. The van der Waals surface area contributed by atoms with Gasteiger partial charge in [-0.2, -0.15) is 4.98 Å². The highest BCUT2D eigenvalue weighted by Crippen LogP contribution is 2.27. The molecule has 0 aliphatic carbocycles. The largest absolute Gasteiger partial charge is 0.339 e. The Morgan fingerprint density at radius 3 is 2.80 bits per heavy atom. The fourth-order valence-corrected chi connectivity index (χ4v) is 3.63. The molecule has 156 valence electrons. The molecule has 3 aromatic rings. The standard InChI is InChI=1S/C22H22F2N4O2/c23-17-8-6-15(7-9-17)21-26-22(30-27-21)16-3-2-11-28(14-16)12-10-20(29)25-19-5-1-4-18(24)13-19/h1,4-9,13,16H,2-3,10-12,14H2,(H,25,29). The zero-order valence-corrected chi connectivity index (χ0v) is 16.4. The Hall–Kier alpha value is -3.13. The lowest BCUT2D eigenvalue weighted by atomic mass is 9.98. The minimum Gasteiger partial charge on any atom is -0.339 e. The van der Waals surface area contributed by atoms with E-state index in [1.54, 1.807) is 24.3 Å². The normalized spacial score (nSPS) is 17.1. The molecule has 0 saturated carbocycles. The van der Waals surface area contributed by atoms with E-state index in [-0.39, 0.29) is 23.5 Å². The fraction of sp³-hybridized carbons (Fsp3) is 0.318. The van der Waals surface area contributed by atoms with Crippen molar-refractivity contribution in [2.24, 2.45) is 0 Å². The average Bonchev–Trinajstić information content (AvgIpc) is 3.23. The number of amides is 1.